The Morgan fingerprint density at radius 3 is 2.26 bits per heavy atom. The minimum absolute atomic E-state index is 0.0344. The van der Waals surface area contributed by atoms with Crippen LogP contribution in [0.4, 0.5) is 22.9 Å². The van der Waals surface area contributed by atoms with Crippen molar-refractivity contribution in [2.75, 3.05) is 11.1 Å². The van der Waals surface area contributed by atoms with Gasteiger partial charge >= 0.3 is 0 Å². The Morgan fingerprint density at radius 1 is 1.16 bits per heavy atom. The molecule has 0 aliphatic rings. The number of nitrogen functional groups attached to an aromatic ring is 1. The van der Waals surface area contributed by atoms with Crippen LogP contribution in [0.1, 0.15) is 13.8 Å². The Labute approximate surface area is 111 Å². The van der Waals surface area contributed by atoms with Crippen LogP contribution in [0.5, 0.6) is 0 Å². The lowest BCUT2D eigenvalue weighted by molar-refractivity contribution is -0.385. The molecule has 100 valence electrons. The summed E-state index contributed by atoms with van der Waals surface area (Å²) in [6.45, 7) is 4.00. The molecule has 0 amide bonds. The van der Waals surface area contributed by atoms with Crippen molar-refractivity contribution in [1.29, 1.82) is 0 Å². The average Bonchev–Trinajstić information content (AvgIpc) is 2.44. The van der Waals surface area contributed by atoms with Crippen LogP contribution >= 0.6 is 0 Å². The number of hydrogen-bond acceptors (Lipinski definition) is 5. The predicted octanol–water partition coefficient (Wildman–Crippen LogP) is 3.34. The molecule has 2 rings (SSSR count). The van der Waals surface area contributed by atoms with Crippen LogP contribution in [0.15, 0.2) is 42.6 Å². The second kappa shape index (κ2) is 6.95. The fraction of sp³-hybridized carbons (Fsp3) is 0.154. The van der Waals surface area contributed by atoms with Crippen LogP contribution in [-0.4, -0.2) is 9.91 Å². The molecule has 1 aromatic heterocycles. The summed E-state index contributed by atoms with van der Waals surface area (Å²) in [4.78, 5) is 13.9. The summed E-state index contributed by atoms with van der Waals surface area (Å²) in [6, 6.07) is 10.1. The molecular weight excluding hydrogens is 244 g/mol. The first kappa shape index (κ1) is 14.4. The zero-order valence-electron chi connectivity index (χ0n) is 10.8. The van der Waals surface area contributed by atoms with Gasteiger partial charge in [-0.2, -0.15) is 0 Å². The van der Waals surface area contributed by atoms with Gasteiger partial charge in [-0.3, -0.25) is 10.1 Å². The van der Waals surface area contributed by atoms with Crippen molar-refractivity contribution in [3.05, 3.63) is 52.7 Å². The molecule has 0 unspecified atom stereocenters. The molecule has 1 heterocycles. The van der Waals surface area contributed by atoms with Crippen LogP contribution in [0.2, 0.25) is 0 Å². The monoisotopic (exact) mass is 260 g/mol. The predicted molar refractivity (Wildman–Crippen MR) is 76.4 cm³/mol. The number of rotatable bonds is 3. The molecule has 0 bridgehead atoms. The van der Waals surface area contributed by atoms with Crippen molar-refractivity contribution in [2.45, 2.75) is 13.8 Å². The molecule has 19 heavy (non-hydrogen) atoms. The molecule has 0 radical (unpaired) electrons. The minimum atomic E-state index is -0.486. The Hall–Kier alpha value is -2.63. The molecule has 1 aromatic carbocycles. The van der Waals surface area contributed by atoms with Gasteiger partial charge in [0.2, 0.25) is 0 Å². The van der Waals surface area contributed by atoms with Crippen molar-refractivity contribution < 1.29 is 4.92 Å². The van der Waals surface area contributed by atoms with E-state index in [4.69, 9.17) is 5.73 Å². The molecule has 0 atom stereocenters. The van der Waals surface area contributed by atoms with Crippen LogP contribution in [-0.2, 0) is 0 Å². The lowest BCUT2D eigenvalue weighted by atomic mass is 10.3. The fourth-order valence-electron chi connectivity index (χ4n) is 1.28. The van der Waals surface area contributed by atoms with Gasteiger partial charge in [-0.15, -0.1) is 0 Å². The van der Waals surface area contributed by atoms with E-state index in [9.17, 15) is 10.1 Å². The second-order valence-corrected chi connectivity index (χ2v) is 3.41. The van der Waals surface area contributed by atoms with Gasteiger partial charge in [-0.1, -0.05) is 13.8 Å². The number of nitro groups is 1. The van der Waals surface area contributed by atoms with E-state index >= 15 is 0 Å². The Balaban J connectivity index is 0.000000861. The molecule has 6 heteroatoms. The first-order valence-electron chi connectivity index (χ1n) is 5.88. The largest absolute Gasteiger partial charge is 0.399 e. The third kappa shape index (κ3) is 4.27. The quantitative estimate of drug-likeness (QED) is 0.501. The molecular formula is C13H16N4O2. The number of benzene rings is 1. The molecule has 2 aromatic rings. The lowest BCUT2D eigenvalue weighted by Crippen LogP contribution is -1.95. The summed E-state index contributed by atoms with van der Waals surface area (Å²) in [5, 5.41) is 13.4. The number of hydrogen-bond donors (Lipinski definition) is 2. The van der Waals surface area contributed by atoms with Gasteiger partial charge in [-0.05, 0) is 30.3 Å². The van der Waals surface area contributed by atoms with E-state index in [1.54, 1.807) is 30.3 Å². The maximum absolute atomic E-state index is 10.4. The highest BCUT2D eigenvalue weighted by Crippen LogP contribution is 2.17. The molecule has 3 N–H and O–H groups in total. The standard InChI is InChI=1S/C11H10N4O2.C2H6/c12-8-1-3-9(4-2-8)14-11-6-5-10(7-13-11)15(16)17;1-2/h1-7H,12H2,(H,13,14);1-2H3. The maximum Gasteiger partial charge on any atom is 0.287 e. The van der Waals surface area contributed by atoms with Crippen LogP contribution in [0.25, 0.3) is 0 Å². The zero-order valence-corrected chi connectivity index (χ0v) is 10.8. The van der Waals surface area contributed by atoms with Gasteiger partial charge in [0.1, 0.15) is 12.0 Å². The fourth-order valence-corrected chi connectivity index (χ4v) is 1.28. The minimum Gasteiger partial charge on any atom is -0.399 e. The van der Waals surface area contributed by atoms with Crippen molar-refractivity contribution in [3.8, 4) is 0 Å². The summed E-state index contributed by atoms with van der Waals surface area (Å²) >= 11 is 0. The molecule has 0 aliphatic heterocycles. The molecule has 0 aliphatic carbocycles. The normalized spacial score (nSPS) is 9.16. The summed E-state index contributed by atoms with van der Waals surface area (Å²) < 4.78 is 0. The van der Waals surface area contributed by atoms with E-state index < -0.39 is 4.92 Å². The van der Waals surface area contributed by atoms with Crippen LogP contribution in [0, 0.1) is 10.1 Å². The van der Waals surface area contributed by atoms with Gasteiger partial charge in [0.25, 0.3) is 5.69 Å². The SMILES string of the molecule is CC.Nc1ccc(Nc2ccc([N+](=O)[O-])cn2)cc1. The number of nitrogens with zero attached hydrogens (tertiary/aromatic N) is 2. The highest BCUT2D eigenvalue weighted by Gasteiger charge is 2.04. The molecule has 0 saturated heterocycles. The van der Waals surface area contributed by atoms with E-state index in [2.05, 4.69) is 10.3 Å². The van der Waals surface area contributed by atoms with E-state index in [1.807, 2.05) is 13.8 Å². The van der Waals surface area contributed by atoms with Gasteiger partial charge in [0.05, 0.1) is 4.92 Å². The topological polar surface area (TPSA) is 94.1 Å². The average molecular weight is 260 g/mol. The highest BCUT2D eigenvalue weighted by atomic mass is 16.6. The van der Waals surface area contributed by atoms with Crippen molar-refractivity contribution >= 4 is 22.9 Å². The third-order valence-corrected chi connectivity index (χ3v) is 2.14. The van der Waals surface area contributed by atoms with Crippen LogP contribution < -0.4 is 11.1 Å². The summed E-state index contributed by atoms with van der Waals surface area (Å²) in [6.07, 6.45) is 1.21. The zero-order chi connectivity index (χ0) is 14.3. The Bertz CT molecular complexity index is 523. The van der Waals surface area contributed by atoms with Gasteiger partial charge in [0.15, 0.2) is 0 Å². The lowest BCUT2D eigenvalue weighted by Gasteiger charge is -2.04. The molecule has 0 fully saturated rings. The van der Waals surface area contributed by atoms with Crippen molar-refractivity contribution in [2.24, 2.45) is 0 Å². The summed E-state index contributed by atoms with van der Waals surface area (Å²) in [5.74, 6) is 0.542. The van der Waals surface area contributed by atoms with E-state index in [0.29, 0.717) is 11.5 Å². The van der Waals surface area contributed by atoms with E-state index in [0.717, 1.165) is 5.69 Å². The van der Waals surface area contributed by atoms with E-state index in [1.165, 1.54) is 12.3 Å². The number of aromatic nitrogens is 1. The smallest absolute Gasteiger partial charge is 0.287 e. The van der Waals surface area contributed by atoms with E-state index in [-0.39, 0.29) is 5.69 Å². The number of nitrogens with one attached hydrogen (secondary N) is 1. The number of pyridine rings is 1. The Morgan fingerprint density at radius 2 is 1.79 bits per heavy atom. The maximum atomic E-state index is 10.4. The van der Waals surface area contributed by atoms with Crippen molar-refractivity contribution in [1.82, 2.24) is 4.98 Å². The number of anilines is 3. The molecule has 6 nitrogen and oxygen atoms in total. The highest BCUT2D eigenvalue weighted by molar-refractivity contribution is 5.59. The first-order valence-corrected chi connectivity index (χ1v) is 5.88. The van der Waals surface area contributed by atoms with Gasteiger partial charge in [0, 0.05) is 17.4 Å². The van der Waals surface area contributed by atoms with Gasteiger partial charge < -0.3 is 11.1 Å². The van der Waals surface area contributed by atoms with Crippen molar-refractivity contribution in [3.63, 3.8) is 0 Å². The Kier molecular flexibility index (Phi) is 5.28. The second-order valence-electron chi connectivity index (χ2n) is 3.41. The molecule has 0 saturated carbocycles. The third-order valence-electron chi connectivity index (χ3n) is 2.14. The number of nitrogens with two attached hydrogens (primary N) is 1. The summed E-state index contributed by atoms with van der Waals surface area (Å²) in [7, 11) is 0. The van der Waals surface area contributed by atoms with Crippen LogP contribution in [0.3, 0.4) is 0 Å². The van der Waals surface area contributed by atoms with Gasteiger partial charge in [-0.25, -0.2) is 4.98 Å². The molecule has 0 spiro atoms. The summed E-state index contributed by atoms with van der Waals surface area (Å²) in [5.41, 5.74) is 7.01. The first-order chi connectivity index (χ1) is 9.15.